The number of hydrogen-bond donors (Lipinski definition) is 0. The molecule has 0 N–H and O–H groups in total. The molecule has 0 fully saturated rings. The van der Waals surface area contributed by atoms with Crippen molar-refractivity contribution in [1.29, 1.82) is 5.26 Å². The van der Waals surface area contributed by atoms with E-state index in [-0.39, 0.29) is 34.1 Å². The van der Waals surface area contributed by atoms with Gasteiger partial charge < -0.3 is 11.8 Å². The second kappa shape index (κ2) is 80.7. The van der Waals surface area contributed by atoms with E-state index in [2.05, 4.69) is 0 Å². The van der Waals surface area contributed by atoms with Crippen LogP contribution in [0.25, 0.3) is 0 Å². The van der Waals surface area contributed by atoms with E-state index >= 15 is 0 Å². The normalized spacial score (nSPS) is 0.500. The molecule has 0 aromatic heterocycles. The zero-order valence-corrected chi connectivity index (χ0v) is 3.65. The summed E-state index contributed by atoms with van der Waals surface area (Å²) in [4.78, 5) is 0. The fourth-order valence-electron chi connectivity index (χ4n) is 0. The monoisotopic (exact) mass is 145 g/mol. The molecule has 0 bridgehead atoms. The summed E-state index contributed by atoms with van der Waals surface area (Å²) in [5.74, 6) is 0. The molecule has 0 aliphatic rings. The van der Waals surface area contributed by atoms with Gasteiger partial charge in [-0.25, -0.2) is 0 Å². The van der Waals surface area contributed by atoms with Crippen LogP contribution in [0.4, 0.5) is 0 Å². The Hall–Kier alpha value is 0.529. The van der Waals surface area contributed by atoms with Gasteiger partial charge in [0.2, 0.25) is 0 Å². The fraction of sp³-hybridized carbons (Fsp3) is 0. The van der Waals surface area contributed by atoms with Crippen molar-refractivity contribution < 1.29 is 34.1 Å². The molecule has 0 aromatic rings. The van der Waals surface area contributed by atoms with Crippen LogP contribution in [0.1, 0.15) is 0 Å². The molecule has 0 aliphatic heterocycles. The Bertz CT molecular complexity index is 12.8. The molecule has 0 spiro atoms. The Labute approximate surface area is 46.3 Å². The molecule has 0 radical (unpaired) electrons. The quantitative estimate of drug-likeness (QED) is 0.350. The van der Waals surface area contributed by atoms with Gasteiger partial charge in [0.1, 0.15) is 0 Å². The largest absolute Gasteiger partial charge is 1.00 e. The smallest absolute Gasteiger partial charge is 0.512 e. The third-order valence-electron chi connectivity index (χ3n) is 0. The van der Waals surface area contributed by atoms with Crippen LogP contribution in [-0.4, -0.2) is 0 Å². The first-order valence-corrected chi connectivity index (χ1v) is 0.224. The first kappa shape index (κ1) is 24.1. The van der Waals surface area contributed by atoms with Crippen LogP contribution >= 0.6 is 0 Å². The van der Waals surface area contributed by atoms with Gasteiger partial charge >= 0.3 is 17.1 Å². The van der Waals surface area contributed by atoms with Gasteiger partial charge in [-0.15, -0.1) is 0 Å². The van der Waals surface area contributed by atoms with Crippen molar-refractivity contribution in [1.82, 2.24) is 0 Å². The molecule has 3 heteroatoms. The molecular formula is CCuFeN. The average Bonchev–Trinajstić information content (AvgIpc) is 1.00. The topological polar surface area (TPSA) is 23.8 Å². The van der Waals surface area contributed by atoms with Crippen molar-refractivity contribution in [3.05, 3.63) is 6.57 Å². The Balaban J connectivity index is -0.00000000500. The summed E-state index contributed by atoms with van der Waals surface area (Å²) in [6.07, 6.45) is 0. The second-order valence-corrected chi connectivity index (χ2v) is 0. The predicted octanol–water partition coefficient (Wildman–Crippen LogP) is 0.0914. The van der Waals surface area contributed by atoms with E-state index in [4.69, 9.17) is 11.8 Å². The van der Waals surface area contributed by atoms with Crippen LogP contribution in [0.5, 0.6) is 0 Å². The van der Waals surface area contributed by atoms with Gasteiger partial charge in [-0.3, -0.25) is 0 Å². The van der Waals surface area contributed by atoms with E-state index in [0.717, 1.165) is 0 Å². The minimum atomic E-state index is 0. The van der Waals surface area contributed by atoms with Gasteiger partial charge in [-0.2, -0.15) is 0 Å². The standard InChI is InChI=1S/CN.Cu.Fe/c1-2;;/q-1;+1;. The number of rotatable bonds is 0. The van der Waals surface area contributed by atoms with Gasteiger partial charge in [0.05, 0.1) is 0 Å². The molecule has 0 amide bonds. The maximum absolute atomic E-state index is 6.25. The van der Waals surface area contributed by atoms with Crippen molar-refractivity contribution >= 4 is 0 Å². The summed E-state index contributed by atoms with van der Waals surface area (Å²) in [6, 6.07) is 0. The SMILES string of the molecule is [C-]#N.[Cu+].[Fe]. The van der Waals surface area contributed by atoms with Gasteiger partial charge in [0.15, 0.2) is 0 Å². The van der Waals surface area contributed by atoms with Crippen LogP contribution in [0.2, 0.25) is 0 Å². The van der Waals surface area contributed by atoms with Crippen LogP contribution in [0, 0.1) is 11.8 Å². The predicted molar refractivity (Wildman–Crippen MR) is 4.97 cm³/mol. The fourth-order valence-corrected chi connectivity index (χ4v) is 0. The molecule has 0 rings (SSSR count). The van der Waals surface area contributed by atoms with E-state index in [1.54, 1.807) is 0 Å². The minimum Gasteiger partial charge on any atom is -0.512 e. The third-order valence-corrected chi connectivity index (χ3v) is 0. The summed E-state index contributed by atoms with van der Waals surface area (Å²) in [6.45, 7) is 4.75. The van der Waals surface area contributed by atoms with Crippen molar-refractivity contribution in [3.8, 4) is 0 Å². The van der Waals surface area contributed by atoms with Crippen LogP contribution in [-0.2, 0) is 34.1 Å². The van der Waals surface area contributed by atoms with Crippen LogP contribution in [0.15, 0.2) is 0 Å². The summed E-state index contributed by atoms with van der Waals surface area (Å²) >= 11 is 0. The molecule has 0 atom stereocenters. The van der Waals surface area contributed by atoms with Crippen LogP contribution in [0.3, 0.4) is 0 Å². The number of nitrogens with zero attached hydrogens (tertiary/aromatic N) is 1. The zero-order valence-electron chi connectivity index (χ0n) is 1.60. The Morgan fingerprint density at radius 1 is 1.25 bits per heavy atom. The van der Waals surface area contributed by atoms with Crippen molar-refractivity contribution in [2.75, 3.05) is 0 Å². The minimum absolute atomic E-state index is 0. The Kier molecular flexibility index (Phi) is 487. The molecule has 1 nitrogen and oxygen atoms in total. The van der Waals surface area contributed by atoms with Crippen molar-refractivity contribution in [2.24, 2.45) is 0 Å². The summed E-state index contributed by atoms with van der Waals surface area (Å²) < 4.78 is 0. The van der Waals surface area contributed by atoms with Gasteiger partial charge in [-0.1, -0.05) is 0 Å². The van der Waals surface area contributed by atoms with Gasteiger partial charge in [-0.05, 0) is 0 Å². The van der Waals surface area contributed by atoms with Gasteiger partial charge in [0, 0.05) is 17.1 Å². The zero-order chi connectivity index (χ0) is 2.00. The summed E-state index contributed by atoms with van der Waals surface area (Å²) in [5, 5.41) is 6.25. The van der Waals surface area contributed by atoms with Crippen LogP contribution < -0.4 is 0 Å². The van der Waals surface area contributed by atoms with E-state index in [1.165, 1.54) is 0 Å². The molecule has 4 heavy (non-hydrogen) atoms. The molecule has 0 saturated carbocycles. The molecular weight excluding hydrogens is 145 g/mol. The first-order chi connectivity index (χ1) is 1.00. The molecule has 0 heterocycles. The second-order valence-electron chi connectivity index (χ2n) is 0. The van der Waals surface area contributed by atoms with Gasteiger partial charge in [0.25, 0.3) is 0 Å². The number of hydrogen-bond acceptors (Lipinski definition) is 1. The average molecular weight is 145 g/mol. The summed E-state index contributed by atoms with van der Waals surface area (Å²) in [5.41, 5.74) is 0. The molecule has 0 unspecified atom stereocenters. The molecule has 0 saturated heterocycles. The Morgan fingerprint density at radius 2 is 1.25 bits per heavy atom. The first-order valence-electron chi connectivity index (χ1n) is 0.224. The Morgan fingerprint density at radius 3 is 1.25 bits per heavy atom. The maximum Gasteiger partial charge on any atom is 1.00 e. The molecule has 28 valence electrons. The third kappa shape index (κ3) is 21.1. The molecule has 0 aliphatic carbocycles. The molecule has 0 aromatic carbocycles. The maximum atomic E-state index is 6.25. The van der Waals surface area contributed by atoms with E-state index in [1.807, 2.05) is 0 Å². The summed E-state index contributed by atoms with van der Waals surface area (Å²) in [7, 11) is 0. The van der Waals surface area contributed by atoms with E-state index < -0.39 is 0 Å². The van der Waals surface area contributed by atoms with Crippen molar-refractivity contribution in [3.63, 3.8) is 0 Å². The van der Waals surface area contributed by atoms with Crippen molar-refractivity contribution in [2.45, 2.75) is 0 Å². The van der Waals surface area contributed by atoms with E-state index in [9.17, 15) is 0 Å². The van der Waals surface area contributed by atoms with E-state index in [0.29, 0.717) is 0 Å².